The van der Waals surface area contributed by atoms with E-state index in [4.69, 9.17) is 4.74 Å². The standard InChI is InChI=1S/C23H30N2O3S/c1-16(13-19-11-12-29-15-19)24-23(27)20-7-9-21(10-8-20)28-14-22(26)25-17(2)5-4-6-18(25)3/h7-12,15-18H,4-6,13-14H2,1-3H3,(H,24,27). The van der Waals surface area contributed by atoms with E-state index in [1.807, 2.05) is 17.2 Å². The molecule has 1 saturated heterocycles. The number of piperidine rings is 1. The molecule has 6 heteroatoms. The predicted octanol–water partition coefficient (Wildman–Crippen LogP) is 4.28. The van der Waals surface area contributed by atoms with Crippen LogP contribution in [0.3, 0.4) is 0 Å². The van der Waals surface area contributed by atoms with Gasteiger partial charge in [0, 0.05) is 23.7 Å². The summed E-state index contributed by atoms with van der Waals surface area (Å²) >= 11 is 1.66. The van der Waals surface area contributed by atoms with Crippen LogP contribution in [0.1, 0.15) is 56.0 Å². The van der Waals surface area contributed by atoms with Crippen molar-refractivity contribution in [2.75, 3.05) is 6.61 Å². The van der Waals surface area contributed by atoms with E-state index in [-0.39, 0.29) is 36.5 Å². The molecule has 0 saturated carbocycles. The van der Waals surface area contributed by atoms with Crippen LogP contribution in [0.4, 0.5) is 0 Å². The summed E-state index contributed by atoms with van der Waals surface area (Å²) in [5, 5.41) is 7.16. The van der Waals surface area contributed by atoms with Gasteiger partial charge in [0.2, 0.25) is 0 Å². The molecule has 156 valence electrons. The van der Waals surface area contributed by atoms with Crippen molar-refractivity contribution in [2.24, 2.45) is 0 Å². The van der Waals surface area contributed by atoms with Crippen molar-refractivity contribution < 1.29 is 14.3 Å². The first-order chi connectivity index (χ1) is 13.9. The van der Waals surface area contributed by atoms with E-state index >= 15 is 0 Å². The third-order valence-electron chi connectivity index (χ3n) is 5.46. The Morgan fingerprint density at radius 2 is 1.86 bits per heavy atom. The Bertz CT molecular complexity index is 794. The molecule has 0 radical (unpaired) electrons. The van der Waals surface area contributed by atoms with Crippen molar-refractivity contribution in [2.45, 2.75) is 64.6 Å². The number of likely N-dealkylation sites (tertiary alicyclic amines) is 1. The smallest absolute Gasteiger partial charge is 0.260 e. The number of amides is 2. The van der Waals surface area contributed by atoms with Gasteiger partial charge in [-0.2, -0.15) is 11.3 Å². The van der Waals surface area contributed by atoms with Gasteiger partial charge in [-0.05, 0) is 93.1 Å². The van der Waals surface area contributed by atoms with Gasteiger partial charge in [0.15, 0.2) is 6.61 Å². The number of thiophene rings is 1. The monoisotopic (exact) mass is 414 g/mol. The molecule has 29 heavy (non-hydrogen) atoms. The maximum atomic E-state index is 12.6. The Morgan fingerprint density at radius 1 is 1.17 bits per heavy atom. The molecule has 2 heterocycles. The Hall–Kier alpha value is -2.34. The minimum Gasteiger partial charge on any atom is -0.484 e. The van der Waals surface area contributed by atoms with Crippen molar-refractivity contribution in [3.05, 3.63) is 52.2 Å². The molecule has 0 spiro atoms. The summed E-state index contributed by atoms with van der Waals surface area (Å²) in [6.07, 6.45) is 4.07. The Labute approximate surface area is 177 Å². The highest BCUT2D eigenvalue weighted by atomic mass is 32.1. The van der Waals surface area contributed by atoms with Gasteiger partial charge in [-0.3, -0.25) is 9.59 Å². The molecule has 3 unspecified atom stereocenters. The molecule has 3 atom stereocenters. The summed E-state index contributed by atoms with van der Waals surface area (Å²) in [4.78, 5) is 26.9. The summed E-state index contributed by atoms with van der Waals surface area (Å²) in [6.45, 7) is 6.22. The molecule has 2 amide bonds. The van der Waals surface area contributed by atoms with Crippen molar-refractivity contribution >= 4 is 23.2 Å². The molecule has 1 aromatic carbocycles. The lowest BCUT2D eigenvalue weighted by Gasteiger charge is -2.38. The molecular weight excluding hydrogens is 384 g/mol. The molecule has 1 N–H and O–H groups in total. The summed E-state index contributed by atoms with van der Waals surface area (Å²) < 4.78 is 5.68. The molecule has 2 aromatic rings. The van der Waals surface area contributed by atoms with Crippen LogP contribution in [0.15, 0.2) is 41.1 Å². The van der Waals surface area contributed by atoms with Gasteiger partial charge < -0.3 is 15.0 Å². The molecule has 5 nitrogen and oxygen atoms in total. The van der Waals surface area contributed by atoms with Crippen LogP contribution in [-0.4, -0.2) is 41.4 Å². The molecule has 1 fully saturated rings. The maximum absolute atomic E-state index is 12.6. The number of hydrogen-bond donors (Lipinski definition) is 1. The maximum Gasteiger partial charge on any atom is 0.260 e. The number of nitrogens with one attached hydrogen (secondary N) is 1. The first-order valence-electron chi connectivity index (χ1n) is 10.3. The highest BCUT2D eigenvalue weighted by Crippen LogP contribution is 2.23. The molecule has 1 aromatic heterocycles. The van der Waals surface area contributed by atoms with Crippen LogP contribution >= 0.6 is 11.3 Å². The molecule has 3 rings (SSSR count). The number of benzene rings is 1. The number of ether oxygens (including phenoxy) is 1. The van der Waals surface area contributed by atoms with Gasteiger partial charge >= 0.3 is 0 Å². The lowest BCUT2D eigenvalue weighted by atomic mass is 9.97. The highest BCUT2D eigenvalue weighted by Gasteiger charge is 2.28. The van der Waals surface area contributed by atoms with Gasteiger partial charge in [0.25, 0.3) is 11.8 Å². The van der Waals surface area contributed by atoms with Gasteiger partial charge in [-0.25, -0.2) is 0 Å². The largest absolute Gasteiger partial charge is 0.484 e. The first kappa shape index (κ1) is 21.4. The van der Waals surface area contributed by atoms with E-state index < -0.39 is 0 Å². The fourth-order valence-electron chi connectivity index (χ4n) is 3.96. The lowest BCUT2D eigenvalue weighted by molar-refractivity contribution is -0.139. The molecule has 0 aliphatic carbocycles. The number of rotatable bonds is 7. The summed E-state index contributed by atoms with van der Waals surface area (Å²) in [5.41, 5.74) is 1.81. The Morgan fingerprint density at radius 3 is 2.48 bits per heavy atom. The molecule has 1 aliphatic heterocycles. The average molecular weight is 415 g/mol. The number of hydrogen-bond acceptors (Lipinski definition) is 4. The SMILES string of the molecule is CC(Cc1ccsc1)NC(=O)c1ccc(OCC(=O)N2C(C)CCCC2C)cc1. The van der Waals surface area contributed by atoms with E-state index in [0.717, 1.165) is 19.3 Å². The van der Waals surface area contributed by atoms with Crippen LogP contribution in [0.2, 0.25) is 0 Å². The zero-order valence-corrected chi connectivity index (χ0v) is 18.2. The molecular formula is C23H30N2O3S. The van der Waals surface area contributed by atoms with Crippen molar-refractivity contribution in [1.29, 1.82) is 0 Å². The van der Waals surface area contributed by atoms with E-state index in [0.29, 0.717) is 11.3 Å². The summed E-state index contributed by atoms with van der Waals surface area (Å²) in [7, 11) is 0. The van der Waals surface area contributed by atoms with Gasteiger partial charge in [-0.15, -0.1) is 0 Å². The topological polar surface area (TPSA) is 58.6 Å². The zero-order chi connectivity index (χ0) is 20.8. The van der Waals surface area contributed by atoms with Crippen LogP contribution in [0, 0.1) is 0 Å². The van der Waals surface area contributed by atoms with Gasteiger partial charge in [-0.1, -0.05) is 0 Å². The van der Waals surface area contributed by atoms with Crippen LogP contribution in [0.5, 0.6) is 5.75 Å². The van der Waals surface area contributed by atoms with E-state index in [2.05, 4.69) is 30.6 Å². The van der Waals surface area contributed by atoms with Gasteiger partial charge in [0.05, 0.1) is 0 Å². The summed E-state index contributed by atoms with van der Waals surface area (Å²) in [6, 6.07) is 9.61. The van der Waals surface area contributed by atoms with Gasteiger partial charge in [0.1, 0.15) is 5.75 Å². The minimum absolute atomic E-state index is 0.0220. The Kier molecular flexibility index (Phi) is 7.31. The quantitative estimate of drug-likeness (QED) is 0.736. The van der Waals surface area contributed by atoms with Crippen molar-refractivity contribution in [3.63, 3.8) is 0 Å². The van der Waals surface area contributed by atoms with Crippen molar-refractivity contribution in [1.82, 2.24) is 10.2 Å². The second kappa shape index (κ2) is 9.92. The fraction of sp³-hybridized carbons (Fsp3) is 0.478. The zero-order valence-electron chi connectivity index (χ0n) is 17.4. The minimum atomic E-state index is -0.105. The van der Waals surface area contributed by atoms with Crippen molar-refractivity contribution in [3.8, 4) is 5.75 Å². The van der Waals surface area contributed by atoms with E-state index in [1.165, 1.54) is 12.0 Å². The third kappa shape index (κ3) is 5.82. The second-order valence-corrected chi connectivity index (χ2v) is 8.73. The summed E-state index contributed by atoms with van der Waals surface area (Å²) in [5.74, 6) is 0.513. The van der Waals surface area contributed by atoms with E-state index in [9.17, 15) is 9.59 Å². The second-order valence-electron chi connectivity index (χ2n) is 7.95. The lowest BCUT2D eigenvalue weighted by Crippen LogP contribution is -2.49. The third-order valence-corrected chi connectivity index (χ3v) is 6.19. The number of carbonyl (C=O) groups is 2. The number of nitrogens with zero attached hydrogens (tertiary/aromatic N) is 1. The normalized spacial score (nSPS) is 20.2. The van der Waals surface area contributed by atoms with Crippen LogP contribution in [0.25, 0.3) is 0 Å². The fourth-order valence-corrected chi connectivity index (χ4v) is 4.64. The average Bonchev–Trinajstić information content (AvgIpc) is 3.19. The predicted molar refractivity (Wildman–Crippen MR) is 117 cm³/mol. The Balaban J connectivity index is 1.49. The molecule has 1 aliphatic rings. The number of carbonyl (C=O) groups excluding carboxylic acids is 2. The molecule has 0 bridgehead atoms. The first-order valence-corrected chi connectivity index (χ1v) is 11.2. The van der Waals surface area contributed by atoms with E-state index in [1.54, 1.807) is 35.6 Å². The van der Waals surface area contributed by atoms with Crippen LogP contribution in [-0.2, 0) is 11.2 Å². The highest BCUT2D eigenvalue weighted by molar-refractivity contribution is 7.07. The van der Waals surface area contributed by atoms with Crippen LogP contribution < -0.4 is 10.1 Å².